The highest BCUT2D eigenvalue weighted by Crippen LogP contribution is 2.33. The molecule has 0 aliphatic heterocycles. The highest BCUT2D eigenvalue weighted by Gasteiger charge is 2.18. The van der Waals surface area contributed by atoms with Gasteiger partial charge in [-0.1, -0.05) is 0 Å². The SMILES string of the molecule is Cc1ccncc1-c1ccc2[nH]nc(-c3nc4c(-c5cc(F)cc(OCCN(C)C)c5)cncc4[nH]3)c2n1. The van der Waals surface area contributed by atoms with E-state index in [4.69, 9.17) is 14.7 Å². The summed E-state index contributed by atoms with van der Waals surface area (Å²) in [5.41, 5.74) is 7.53. The van der Waals surface area contributed by atoms with Crippen LogP contribution < -0.4 is 4.74 Å². The molecular weight excluding hydrogens is 483 g/mol. The van der Waals surface area contributed by atoms with Crippen molar-refractivity contribution in [2.75, 3.05) is 27.2 Å². The third-order valence-electron chi connectivity index (χ3n) is 6.33. The first-order valence-electron chi connectivity index (χ1n) is 12.1. The van der Waals surface area contributed by atoms with Gasteiger partial charge in [-0.2, -0.15) is 5.10 Å². The van der Waals surface area contributed by atoms with Crippen molar-refractivity contribution in [1.82, 2.24) is 40.0 Å². The number of nitrogens with one attached hydrogen (secondary N) is 2. The third kappa shape index (κ3) is 4.46. The van der Waals surface area contributed by atoms with E-state index in [1.54, 1.807) is 30.9 Å². The third-order valence-corrected chi connectivity index (χ3v) is 6.33. The van der Waals surface area contributed by atoms with Gasteiger partial charge in [-0.15, -0.1) is 0 Å². The molecule has 1 aromatic carbocycles. The highest BCUT2D eigenvalue weighted by molar-refractivity contribution is 5.96. The Hall–Kier alpha value is -4.70. The maximum Gasteiger partial charge on any atom is 0.161 e. The first-order chi connectivity index (χ1) is 18.5. The standard InChI is InChI=1S/C28H25FN8O/c1-16-6-7-30-13-20(16)22-4-5-23-26(32-22)27(36-35-23)28-33-24-15-31-14-21(25(24)34-28)17-10-18(29)12-19(11-17)38-9-8-37(2)3/h4-7,10-15H,8-9H2,1-3H3,(H,33,34)(H,35,36). The van der Waals surface area contributed by atoms with E-state index < -0.39 is 5.82 Å². The first kappa shape index (κ1) is 23.7. The van der Waals surface area contributed by atoms with E-state index in [0.717, 1.165) is 28.9 Å². The largest absolute Gasteiger partial charge is 0.492 e. The normalized spacial score (nSPS) is 11.6. The number of hydrogen-bond acceptors (Lipinski definition) is 7. The van der Waals surface area contributed by atoms with Gasteiger partial charge in [-0.05, 0) is 62.5 Å². The Morgan fingerprint density at radius 1 is 0.921 bits per heavy atom. The Morgan fingerprint density at radius 3 is 2.63 bits per heavy atom. The topological polar surface area (TPSA) is 108 Å². The number of aromatic amines is 2. The number of rotatable bonds is 7. The Bertz CT molecular complexity index is 1770. The van der Waals surface area contributed by atoms with Crippen molar-refractivity contribution in [3.05, 3.63) is 72.6 Å². The van der Waals surface area contributed by atoms with E-state index in [2.05, 4.69) is 25.1 Å². The lowest BCUT2D eigenvalue weighted by atomic mass is 10.1. The number of imidazole rings is 1. The van der Waals surface area contributed by atoms with E-state index >= 15 is 0 Å². The van der Waals surface area contributed by atoms with Crippen molar-refractivity contribution in [3.8, 4) is 39.7 Å². The summed E-state index contributed by atoms with van der Waals surface area (Å²) in [4.78, 5) is 23.6. The van der Waals surface area contributed by atoms with Crippen LogP contribution in [-0.2, 0) is 0 Å². The molecule has 0 spiro atoms. The maximum absolute atomic E-state index is 14.5. The second-order valence-corrected chi connectivity index (χ2v) is 9.35. The fraction of sp³-hybridized carbons (Fsp3) is 0.179. The predicted octanol–water partition coefficient (Wildman–Crippen LogP) is 5.01. The zero-order valence-electron chi connectivity index (χ0n) is 21.2. The lowest BCUT2D eigenvalue weighted by molar-refractivity contribution is 0.260. The highest BCUT2D eigenvalue weighted by atomic mass is 19.1. The second kappa shape index (κ2) is 9.64. The number of aromatic nitrogens is 7. The summed E-state index contributed by atoms with van der Waals surface area (Å²) in [6.07, 6.45) is 6.93. The zero-order valence-corrected chi connectivity index (χ0v) is 21.2. The number of aryl methyl sites for hydroxylation is 1. The van der Waals surface area contributed by atoms with Gasteiger partial charge in [0.25, 0.3) is 0 Å². The Morgan fingerprint density at radius 2 is 1.79 bits per heavy atom. The van der Waals surface area contributed by atoms with Crippen LogP contribution in [0.3, 0.4) is 0 Å². The van der Waals surface area contributed by atoms with Crippen LogP contribution in [0.1, 0.15) is 5.56 Å². The zero-order chi connectivity index (χ0) is 26.2. The molecule has 0 atom stereocenters. The smallest absolute Gasteiger partial charge is 0.161 e. The Balaban J connectivity index is 1.41. The Kier molecular flexibility index (Phi) is 6.01. The molecule has 10 heteroatoms. The molecule has 2 N–H and O–H groups in total. The van der Waals surface area contributed by atoms with Gasteiger partial charge < -0.3 is 14.6 Å². The molecule has 0 bridgehead atoms. The van der Waals surface area contributed by atoms with Crippen LogP contribution in [0.25, 0.3) is 56.0 Å². The number of ether oxygens (including phenoxy) is 1. The van der Waals surface area contributed by atoms with Crippen LogP contribution in [-0.4, -0.2) is 67.3 Å². The van der Waals surface area contributed by atoms with Crippen LogP contribution in [0.4, 0.5) is 4.39 Å². The number of likely N-dealkylation sites (N-methyl/N-ethyl adjacent to an activating group) is 1. The molecule has 6 aromatic rings. The van der Waals surface area contributed by atoms with Gasteiger partial charge in [0.2, 0.25) is 0 Å². The summed E-state index contributed by atoms with van der Waals surface area (Å²) in [5.74, 6) is 0.595. The summed E-state index contributed by atoms with van der Waals surface area (Å²) >= 11 is 0. The van der Waals surface area contributed by atoms with Gasteiger partial charge in [-0.3, -0.25) is 15.1 Å². The lowest BCUT2D eigenvalue weighted by Crippen LogP contribution is -2.19. The molecule has 190 valence electrons. The average molecular weight is 509 g/mol. The average Bonchev–Trinajstić information content (AvgIpc) is 3.52. The number of nitrogens with zero attached hydrogens (tertiary/aromatic N) is 6. The molecule has 0 aliphatic rings. The molecule has 38 heavy (non-hydrogen) atoms. The van der Waals surface area contributed by atoms with Gasteiger partial charge in [0.05, 0.1) is 28.4 Å². The van der Waals surface area contributed by atoms with Crippen molar-refractivity contribution < 1.29 is 9.13 Å². The van der Waals surface area contributed by atoms with Gasteiger partial charge in [0, 0.05) is 42.3 Å². The molecule has 5 aromatic heterocycles. The molecule has 9 nitrogen and oxygen atoms in total. The number of fused-ring (bicyclic) bond motifs is 2. The van der Waals surface area contributed by atoms with Gasteiger partial charge in [0.15, 0.2) is 11.5 Å². The van der Waals surface area contributed by atoms with E-state index in [9.17, 15) is 4.39 Å². The van der Waals surface area contributed by atoms with Crippen molar-refractivity contribution in [3.63, 3.8) is 0 Å². The van der Waals surface area contributed by atoms with Gasteiger partial charge in [-0.25, -0.2) is 14.4 Å². The van der Waals surface area contributed by atoms with E-state index in [0.29, 0.717) is 51.6 Å². The minimum atomic E-state index is -0.393. The molecule has 0 saturated heterocycles. The minimum Gasteiger partial charge on any atom is -0.492 e. The molecule has 0 unspecified atom stereocenters. The summed E-state index contributed by atoms with van der Waals surface area (Å²) in [7, 11) is 3.92. The molecule has 0 saturated carbocycles. The number of H-pyrrole nitrogens is 2. The second-order valence-electron chi connectivity index (χ2n) is 9.35. The lowest BCUT2D eigenvalue weighted by Gasteiger charge is -2.12. The molecule has 6 rings (SSSR count). The van der Waals surface area contributed by atoms with Crippen LogP contribution in [0.15, 0.2) is 61.2 Å². The fourth-order valence-corrected chi connectivity index (χ4v) is 4.35. The Labute approximate surface area is 217 Å². The molecule has 0 aliphatic carbocycles. The quantitative estimate of drug-likeness (QED) is 0.312. The molecule has 0 fully saturated rings. The van der Waals surface area contributed by atoms with E-state index in [1.165, 1.54) is 12.1 Å². The number of hydrogen-bond donors (Lipinski definition) is 2. The van der Waals surface area contributed by atoms with Crippen LogP contribution in [0.2, 0.25) is 0 Å². The monoisotopic (exact) mass is 508 g/mol. The predicted molar refractivity (Wildman–Crippen MR) is 144 cm³/mol. The number of halogens is 1. The van der Waals surface area contributed by atoms with Crippen LogP contribution in [0.5, 0.6) is 5.75 Å². The molecule has 5 heterocycles. The summed E-state index contributed by atoms with van der Waals surface area (Å²) < 4.78 is 20.3. The van der Waals surface area contributed by atoms with Crippen molar-refractivity contribution >= 4 is 22.1 Å². The van der Waals surface area contributed by atoms with Crippen LogP contribution in [0, 0.1) is 12.7 Å². The van der Waals surface area contributed by atoms with Gasteiger partial charge >= 0.3 is 0 Å². The number of benzene rings is 1. The summed E-state index contributed by atoms with van der Waals surface area (Å²) in [5, 5.41) is 7.53. The minimum absolute atomic E-state index is 0.393. The van der Waals surface area contributed by atoms with E-state index in [-0.39, 0.29) is 0 Å². The van der Waals surface area contributed by atoms with Gasteiger partial charge in [0.1, 0.15) is 23.7 Å². The van der Waals surface area contributed by atoms with Crippen LogP contribution >= 0.6 is 0 Å². The first-order valence-corrected chi connectivity index (χ1v) is 12.1. The van der Waals surface area contributed by atoms with Crippen molar-refractivity contribution in [1.29, 1.82) is 0 Å². The maximum atomic E-state index is 14.5. The summed E-state index contributed by atoms with van der Waals surface area (Å²) in [6.45, 7) is 3.20. The van der Waals surface area contributed by atoms with Crippen molar-refractivity contribution in [2.24, 2.45) is 0 Å². The molecule has 0 radical (unpaired) electrons. The van der Waals surface area contributed by atoms with E-state index in [1.807, 2.05) is 44.1 Å². The molecule has 0 amide bonds. The fourth-order valence-electron chi connectivity index (χ4n) is 4.35. The summed E-state index contributed by atoms with van der Waals surface area (Å²) in [6, 6.07) is 10.5. The molecular formula is C28H25FN8O. The number of pyridine rings is 3. The van der Waals surface area contributed by atoms with Crippen molar-refractivity contribution in [2.45, 2.75) is 6.92 Å².